The van der Waals surface area contributed by atoms with Gasteiger partial charge in [0, 0.05) is 30.4 Å². The van der Waals surface area contributed by atoms with Crippen molar-refractivity contribution in [3.8, 4) is 11.1 Å². The molecule has 9 heteroatoms. The molecule has 1 atom stereocenters. The topological polar surface area (TPSA) is 85.8 Å². The second-order valence-corrected chi connectivity index (χ2v) is 7.97. The van der Waals surface area contributed by atoms with Crippen LogP contribution in [0, 0.1) is 6.92 Å². The van der Waals surface area contributed by atoms with Crippen LogP contribution in [0.5, 0.6) is 0 Å². The first-order valence-corrected chi connectivity index (χ1v) is 10.2. The van der Waals surface area contributed by atoms with E-state index >= 15 is 0 Å². The lowest BCUT2D eigenvalue weighted by Gasteiger charge is -2.19. The van der Waals surface area contributed by atoms with Gasteiger partial charge in [-0.2, -0.15) is 13.2 Å². The summed E-state index contributed by atoms with van der Waals surface area (Å²) in [5.74, 6) is 1.02. The van der Waals surface area contributed by atoms with E-state index in [-0.39, 0.29) is 11.2 Å². The molecular formula is C24H22F3N5O. The maximum atomic E-state index is 13.2. The first-order chi connectivity index (χ1) is 15.5. The quantitative estimate of drug-likeness (QED) is 0.421. The molecule has 0 radical (unpaired) electrons. The average molecular weight is 453 g/mol. The largest absolute Gasteiger partial charge is 0.416 e. The Kier molecular flexibility index (Phi) is 5.57. The van der Waals surface area contributed by atoms with Gasteiger partial charge >= 0.3 is 6.18 Å². The summed E-state index contributed by atoms with van der Waals surface area (Å²) in [6.45, 7) is 3.49. The molecule has 170 valence electrons. The number of nitrogen functional groups attached to an aromatic ring is 1. The van der Waals surface area contributed by atoms with Crippen LogP contribution in [-0.2, 0) is 13.2 Å². The van der Waals surface area contributed by atoms with E-state index in [1.807, 2.05) is 18.2 Å². The molecule has 6 nitrogen and oxygen atoms in total. The highest BCUT2D eigenvalue weighted by molar-refractivity contribution is 5.92. The number of nitrogens with two attached hydrogens (primary N) is 1. The molecule has 0 saturated carbocycles. The maximum absolute atomic E-state index is 13.2. The normalized spacial score (nSPS) is 12.7. The van der Waals surface area contributed by atoms with E-state index in [0.717, 1.165) is 23.3 Å². The first kappa shape index (κ1) is 22.3. The van der Waals surface area contributed by atoms with Crippen molar-refractivity contribution < 1.29 is 13.2 Å². The van der Waals surface area contributed by atoms with E-state index in [1.165, 1.54) is 16.7 Å². The minimum atomic E-state index is -4.49. The number of aromatic nitrogens is 3. The highest BCUT2D eigenvalue weighted by Gasteiger charge is 2.31. The van der Waals surface area contributed by atoms with Gasteiger partial charge in [-0.3, -0.25) is 4.79 Å². The molecule has 0 aliphatic heterocycles. The summed E-state index contributed by atoms with van der Waals surface area (Å²) in [5, 5.41) is 3.93. The molecule has 0 bridgehead atoms. The van der Waals surface area contributed by atoms with E-state index < -0.39 is 17.8 Å². The number of hydrogen-bond donors (Lipinski definition) is 2. The lowest BCUT2D eigenvalue weighted by Crippen LogP contribution is -2.14. The zero-order valence-corrected chi connectivity index (χ0v) is 18.2. The first-order valence-electron chi connectivity index (χ1n) is 10.2. The van der Waals surface area contributed by atoms with E-state index in [1.54, 1.807) is 33.2 Å². The van der Waals surface area contributed by atoms with Crippen LogP contribution in [-0.4, -0.2) is 14.5 Å². The molecule has 33 heavy (non-hydrogen) atoms. The van der Waals surface area contributed by atoms with Crippen LogP contribution in [0.2, 0.25) is 0 Å². The molecule has 2 heterocycles. The van der Waals surface area contributed by atoms with Crippen molar-refractivity contribution in [2.45, 2.75) is 26.1 Å². The summed E-state index contributed by atoms with van der Waals surface area (Å²) in [6, 6.07) is 11.9. The van der Waals surface area contributed by atoms with Crippen molar-refractivity contribution in [2.75, 3.05) is 11.1 Å². The van der Waals surface area contributed by atoms with Gasteiger partial charge in [-0.25, -0.2) is 9.97 Å². The Morgan fingerprint density at radius 2 is 1.76 bits per heavy atom. The van der Waals surface area contributed by atoms with Gasteiger partial charge in [-0.1, -0.05) is 6.07 Å². The van der Waals surface area contributed by atoms with Crippen molar-refractivity contribution in [1.29, 1.82) is 0 Å². The Labute approximate surface area is 187 Å². The predicted molar refractivity (Wildman–Crippen MR) is 123 cm³/mol. The van der Waals surface area contributed by atoms with Crippen molar-refractivity contribution in [3.05, 3.63) is 82.0 Å². The number of halogens is 3. The second-order valence-electron chi connectivity index (χ2n) is 7.97. The zero-order chi connectivity index (χ0) is 23.9. The van der Waals surface area contributed by atoms with Crippen LogP contribution in [0.3, 0.4) is 0 Å². The van der Waals surface area contributed by atoms with E-state index in [4.69, 9.17) is 5.73 Å². The Morgan fingerprint density at radius 3 is 2.45 bits per heavy atom. The highest BCUT2D eigenvalue weighted by atomic mass is 19.4. The molecule has 4 aromatic rings. The number of nitrogens with zero attached hydrogens (tertiary/aromatic N) is 3. The van der Waals surface area contributed by atoms with Crippen LogP contribution in [0.25, 0.3) is 22.0 Å². The molecule has 0 fully saturated rings. The smallest absolute Gasteiger partial charge is 0.399 e. The molecule has 4 rings (SSSR count). The summed E-state index contributed by atoms with van der Waals surface area (Å²) in [7, 11) is 1.68. The van der Waals surface area contributed by atoms with Crippen LogP contribution in [0.4, 0.5) is 24.7 Å². The van der Waals surface area contributed by atoms with Gasteiger partial charge in [0.2, 0.25) is 5.56 Å². The summed E-state index contributed by atoms with van der Waals surface area (Å²) in [5.41, 5.74) is 7.62. The van der Waals surface area contributed by atoms with Crippen LogP contribution in [0.1, 0.15) is 29.9 Å². The van der Waals surface area contributed by atoms with Crippen LogP contribution < -0.4 is 16.6 Å². The number of benzene rings is 2. The molecule has 3 N–H and O–H groups in total. The molecule has 0 aliphatic rings. The van der Waals surface area contributed by atoms with Gasteiger partial charge in [0.1, 0.15) is 11.6 Å². The SMILES string of the molecule is Cc1nc(N[C@H](C)c2cc(N)cc(C(F)(F)F)c2)c2cc(-c3ccc(=O)n(C)c3)ccc2n1. The molecule has 0 aliphatic carbocycles. The number of hydrogen-bond acceptors (Lipinski definition) is 5. The fraction of sp³-hybridized carbons (Fsp3) is 0.208. The number of fused-ring (bicyclic) bond motifs is 1. The molecule has 0 amide bonds. The van der Waals surface area contributed by atoms with E-state index in [2.05, 4.69) is 15.3 Å². The average Bonchev–Trinajstić information content (AvgIpc) is 2.74. The zero-order valence-electron chi connectivity index (χ0n) is 18.2. The number of aryl methyl sites for hydroxylation is 2. The third kappa shape index (κ3) is 4.67. The van der Waals surface area contributed by atoms with Gasteiger partial charge in [-0.05, 0) is 66.9 Å². The number of rotatable bonds is 4. The van der Waals surface area contributed by atoms with E-state index in [0.29, 0.717) is 28.1 Å². The molecular weight excluding hydrogens is 431 g/mol. The number of alkyl halides is 3. The fourth-order valence-corrected chi connectivity index (χ4v) is 3.68. The minimum Gasteiger partial charge on any atom is -0.399 e. The second kappa shape index (κ2) is 8.23. The number of anilines is 2. The number of pyridine rings is 1. The monoisotopic (exact) mass is 453 g/mol. The van der Waals surface area contributed by atoms with Gasteiger partial charge < -0.3 is 15.6 Å². The van der Waals surface area contributed by atoms with Gasteiger partial charge in [0.05, 0.1) is 17.1 Å². The van der Waals surface area contributed by atoms with Crippen molar-refractivity contribution >= 4 is 22.4 Å². The van der Waals surface area contributed by atoms with Gasteiger partial charge in [0.15, 0.2) is 0 Å². The molecule has 0 saturated heterocycles. The van der Waals surface area contributed by atoms with Gasteiger partial charge in [0.25, 0.3) is 0 Å². The van der Waals surface area contributed by atoms with E-state index in [9.17, 15) is 18.0 Å². The highest BCUT2D eigenvalue weighted by Crippen LogP contribution is 2.34. The number of nitrogens with one attached hydrogen (secondary N) is 1. The van der Waals surface area contributed by atoms with Crippen LogP contribution in [0.15, 0.2) is 59.5 Å². The minimum absolute atomic E-state index is 0.0363. The van der Waals surface area contributed by atoms with Crippen molar-refractivity contribution in [3.63, 3.8) is 0 Å². The molecule has 2 aromatic heterocycles. The standard InChI is InChI=1S/C24H22F3N5O/c1-13(17-8-18(24(25,26)27)11-19(28)9-17)29-23-20-10-15(4-6-21(20)30-14(2)31-23)16-5-7-22(33)32(3)12-16/h4-13H,28H2,1-3H3,(H,29,30,31)/t13-/m1/s1. The summed E-state index contributed by atoms with van der Waals surface area (Å²) in [6.07, 6.45) is -2.76. The molecule has 0 spiro atoms. The maximum Gasteiger partial charge on any atom is 0.416 e. The third-order valence-electron chi connectivity index (χ3n) is 5.38. The summed E-state index contributed by atoms with van der Waals surface area (Å²) >= 11 is 0. The summed E-state index contributed by atoms with van der Waals surface area (Å²) in [4.78, 5) is 20.7. The third-order valence-corrected chi connectivity index (χ3v) is 5.38. The van der Waals surface area contributed by atoms with Crippen LogP contribution >= 0.6 is 0 Å². The Hall–Kier alpha value is -3.88. The van der Waals surface area contributed by atoms with Crippen molar-refractivity contribution in [1.82, 2.24) is 14.5 Å². The van der Waals surface area contributed by atoms with Gasteiger partial charge in [-0.15, -0.1) is 0 Å². The molecule has 2 aromatic carbocycles. The lowest BCUT2D eigenvalue weighted by molar-refractivity contribution is -0.137. The predicted octanol–water partition coefficient (Wildman–Crippen LogP) is 5.08. The summed E-state index contributed by atoms with van der Waals surface area (Å²) < 4.78 is 41.2. The Bertz CT molecular complexity index is 1410. The molecule has 0 unspecified atom stereocenters. The van der Waals surface area contributed by atoms with Crippen molar-refractivity contribution in [2.24, 2.45) is 7.05 Å². The Morgan fingerprint density at radius 1 is 1.03 bits per heavy atom. The fourth-order valence-electron chi connectivity index (χ4n) is 3.68. The lowest BCUT2D eigenvalue weighted by atomic mass is 10.0. The Balaban J connectivity index is 1.76.